The van der Waals surface area contributed by atoms with Crippen LogP contribution in [0.2, 0.25) is 0 Å². The van der Waals surface area contributed by atoms with E-state index in [2.05, 4.69) is 18.7 Å². The second-order valence-corrected chi connectivity index (χ2v) is 5.36. The Bertz CT molecular complexity index is 397. The van der Waals surface area contributed by atoms with Crippen LogP contribution in [0.1, 0.15) is 32.3 Å². The lowest BCUT2D eigenvalue weighted by Gasteiger charge is -2.34. The van der Waals surface area contributed by atoms with Crippen molar-refractivity contribution < 1.29 is 9.13 Å². The molecule has 1 aromatic rings. The van der Waals surface area contributed by atoms with Crippen LogP contribution in [0.3, 0.4) is 0 Å². The van der Waals surface area contributed by atoms with Gasteiger partial charge in [-0.2, -0.15) is 0 Å². The van der Waals surface area contributed by atoms with Gasteiger partial charge < -0.3 is 9.64 Å². The molecule has 18 heavy (non-hydrogen) atoms. The number of benzene rings is 1. The van der Waals surface area contributed by atoms with Crippen molar-refractivity contribution in [3.63, 3.8) is 0 Å². The van der Waals surface area contributed by atoms with Crippen LogP contribution in [0, 0.1) is 12.7 Å². The molecule has 0 atom stereocenters. The van der Waals surface area contributed by atoms with Gasteiger partial charge in [0.1, 0.15) is 17.7 Å². The Morgan fingerprint density at radius 2 is 1.94 bits per heavy atom. The number of hydrogen-bond acceptors (Lipinski definition) is 2. The van der Waals surface area contributed by atoms with E-state index < -0.39 is 0 Å². The lowest BCUT2D eigenvalue weighted by atomic mass is 10.1. The van der Waals surface area contributed by atoms with Crippen molar-refractivity contribution in [3.8, 4) is 5.75 Å². The molecule has 0 spiro atoms. The van der Waals surface area contributed by atoms with Crippen molar-refractivity contribution in [2.75, 3.05) is 13.1 Å². The fourth-order valence-electron chi connectivity index (χ4n) is 2.39. The molecule has 0 aromatic heterocycles. The normalized spacial score (nSPS) is 18.3. The monoisotopic (exact) mass is 251 g/mol. The second kappa shape index (κ2) is 5.70. The number of halogens is 1. The number of aryl methyl sites for hydroxylation is 1. The highest BCUT2D eigenvalue weighted by Gasteiger charge is 2.22. The molecule has 1 fully saturated rings. The minimum atomic E-state index is -0.227. The predicted octanol–water partition coefficient (Wildman–Crippen LogP) is 3.39. The summed E-state index contributed by atoms with van der Waals surface area (Å²) in [5.74, 6) is 0.466. The lowest BCUT2D eigenvalue weighted by molar-refractivity contribution is 0.0836. The zero-order valence-electron chi connectivity index (χ0n) is 11.4. The maximum Gasteiger partial charge on any atom is 0.126 e. The van der Waals surface area contributed by atoms with E-state index in [1.807, 2.05) is 6.92 Å². The summed E-state index contributed by atoms with van der Waals surface area (Å²) in [5.41, 5.74) is 1.00. The van der Waals surface area contributed by atoms with Gasteiger partial charge in [-0.3, -0.25) is 0 Å². The van der Waals surface area contributed by atoms with Gasteiger partial charge in [0.25, 0.3) is 0 Å². The largest absolute Gasteiger partial charge is 0.490 e. The Labute approximate surface area is 109 Å². The van der Waals surface area contributed by atoms with Crippen LogP contribution in [0.15, 0.2) is 18.2 Å². The van der Waals surface area contributed by atoms with Gasteiger partial charge in [0.2, 0.25) is 0 Å². The van der Waals surface area contributed by atoms with Crippen molar-refractivity contribution in [1.82, 2.24) is 4.90 Å². The summed E-state index contributed by atoms with van der Waals surface area (Å²) >= 11 is 0. The number of hydrogen-bond donors (Lipinski definition) is 0. The van der Waals surface area contributed by atoms with E-state index in [1.165, 1.54) is 12.1 Å². The fourth-order valence-corrected chi connectivity index (χ4v) is 2.39. The van der Waals surface area contributed by atoms with E-state index in [9.17, 15) is 4.39 Å². The molecule has 0 saturated carbocycles. The smallest absolute Gasteiger partial charge is 0.126 e. The van der Waals surface area contributed by atoms with Gasteiger partial charge in [0.15, 0.2) is 0 Å². The minimum Gasteiger partial charge on any atom is -0.490 e. The van der Waals surface area contributed by atoms with E-state index >= 15 is 0 Å². The average molecular weight is 251 g/mol. The van der Waals surface area contributed by atoms with Crippen molar-refractivity contribution in [2.45, 2.75) is 45.8 Å². The molecule has 1 heterocycles. The molecule has 0 amide bonds. The first-order valence-electron chi connectivity index (χ1n) is 6.73. The molecule has 1 saturated heterocycles. The summed E-state index contributed by atoms with van der Waals surface area (Å²) in [5, 5.41) is 0. The van der Waals surface area contributed by atoms with E-state index in [-0.39, 0.29) is 11.9 Å². The number of rotatable bonds is 3. The van der Waals surface area contributed by atoms with E-state index in [0.717, 1.165) is 31.5 Å². The van der Waals surface area contributed by atoms with E-state index in [0.29, 0.717) is 11.8 Å². The molecule has 0 aliphatic carbocycles. The Kier molecular flexibility index (Phi) is 4.23. The summed E-state index contributed by atoms with van der Waals surface area (Å²) < 4.78 is 19.1. The maximum atomic E-state index is 13.2. The van der Waals surface area contributed by atoms with Crippen LogP contribution < -0.4 is 4.74 Å². The molecular formula is C15H22FNO. The molecule has 0 bridgehead atoms. The van der Waals surface area contributed by atoms with Crippen molar-refractivity contribution in [2.24, 2.45) is 0 Å². The summed E-state index contributed by atoms with van der Waals surface area (Å²) in [7, 11) is 0. The van der Waals surface area contributed by atoms with Crippen LogP contribution in [0.25, 0.3) is 0 Å². The quantitative estimate of drug-likeness (QED) is 0.816. The third-order valence-corrected chi connectivity index (χ3v) is 3.65. The first-order chi connectivity index (χ1) is 8.56. The van der Waals surface area contributed by atoms with Crippen LogP contribution in [0.5, 0.6) is 5.75 Å². The third-order valence-electron chi connectivity index (χ3n) is 3.65. The molecule has 2 rings (SSSR count). The van der Waals surface area contributed by atoms with Crippen LogP contribution >= 0.6 is 0 Å². The van der Waals surface area contributed by atoms with Gasteiger partial charge in [-0.25, -0.2) is 4.39 Å². The highest BCUT2D eigenvalue weighted by molar-refractivity contribution is 5.32. The maximum absolute atomic E-state index is 13.2. The number of nitrogens with zero attached hydrogens (tertiary/aromatic N) is 1. The zero-order chi connectivity index (χ0) is 13.1. The summed E-state index contributed by atoms with van der Waals surface area (Å²) in [6, 6.07) is 5.34. The highest BCUT2D eigenvalue weighted by Crippen LogP contribution is 2.24. The van der Waals surface area contributed by atoms with Gasteiger partial charge in [-0.05, 0) is 45.2 Å². The van der Waals surface area contributed by atoms with E-state index in [4.69, 9.17) is 4.74 Å². The molecule has 1 aliphatic heterocycles. The van der Waals surface area contributed by atoms with Gasteiger partial charge in [0, 0.05) is 25.2 Å². The standard InChI is InChI=1S/C15H22FNO/c1-11(2)17-8-6-14(7-9-17)18-15-10-13(16)5-4-12(15)3/h4-5,10-11,14H,6-9H2,1-3H3. The van der Waals surface area contributed by atoms with Crippen molar-refractivity contribution >= 4 is 0 Å². The van der Waals surface area contributed by atoms with Gasteiger partial charge in [-0.1, -0.05) is 6.07 Å². The Hall–Kier alpha value is -1.09. The van der Waals surface area contributed by atoms with Gasteiger partial charge >= 0.3 is 0 Å². The fraction of sp³-hybridized carbons (Fsp3) is 0.600. The molecule has 0 N–H and O–H groups in total. The van der Waals surface area contributed by atoms with Crippen molar-refractivity contribution in [1.29, 1.82) is 0 Å². The van der Waals surface area contributed by atoms with E-state index in [1.54, 1.807) is 6.07 Å². The summed E-state index contributed by atoms with van der Waals surface area (Å²) in [6.45, 7) is 8.53. The van der Waals surface area contributed by atoms with Crippen LogP contribution in [0.4, 0.5) is 4.39 Å². The number of ether oxygens (including phenoxy) is 1. The lowest BCUT2D eigenvalue weighted by Crippen LogP contribution is -2.41. The first-order valence-corrected chi connectivity index (χ1v) is 6.73. The SMILES string of the molecule is Cc1ccc(F)cc1OC1CCN(C(C)C)CC1. The molecule has 1 aromatic carbocycles. The average Bonchev–Trinajstić information content (AvgIpc) is 2.34. The molecule has 3 heteroatoms. The third kappa shape index (κ3) is 3.22. The van der Waals surface area contributed by atoms with Crippen LogP contribution in [-0.2, 0) is 0 Å². The second-order valence-electron chi connectivity index (χ2n) is 5.36. The summed E-state index contributed by atoms with van der Waals surface area (Å²) in [4.78, 5) is 2.46. The predicted molar refractivity (Wildman–Crippen MR) is 71.5 cm³/mol. The topological polar surface area (TPSA) is 12.5 Å². The molecule has 0 radical (unpaired) electrons. The van der Waals surface area contributed by atoms with Gasteiger partial charge in [-0.15, -0.1) is 0 Å². The Morgan fingerprint density at radius 3 is 2.56 bits per heavy atom. The zero-order valence-corrected chi connectivity index (χ0v) is 11.4. The Balaban J connectivity index is 1.93. The highest BCUT2D eigenvalue weighted by atomic mass is 19.1. The van der Waals surface area contributed by atoms with Gasteiger partial charge in [0.05, 0.1) is 0 Å². The minimum absolute atomic E-state index is 0.223. The molecular weight excluding hydrogens is 229 g/mol. The Morgan fingerprint density at radius 1 is 1.28 bits per heavy atom. The van der Waals surface area contributed by atoms with Crippen molar-refractivity contribution in [3.05, 3.63) is 29.6 Å². The molecule has 100 valence electrons. The van der Waals surface area contributed by atoms with Crippen LogP contribution in [-0.4, -0.2) is 30.1 Å². The molecule has 0 unspecified atom stereocenters. The number of likely N-dealkylation sites (tertiary alicyclic amines) is 1. The molecule has 1 aliphatic rings. The summed E-state index contributed by atoms with van der Waals surface area (Å²) in [6.07, 6.45) is 2.27. The number of piperidine rings is 1. The first kappa shape index (κ1) is 13.3. The molecule has 2 nitrogen and oxygen atoms in total.